The molecule has 17 heavy (non-hydrogen) atoms. The maximum Gasteiger partial charge on any atom is 0.0807 e. The molecule has 0 amide bonds. The SMILES string of the molecule is OC1CCCc2c1ccn2-c1ccccc1Br. The molecule has 88 valence electrons. The monoisotopic (exact) mass is 291 g/mol. The highest BCUT2D eigenvalue weighted by atomic mass is 79.9. The van der Waals surface area contributed by atoms with Gasteiger partial charge in [-0.1, -0.05) is 12.1 Å². The van der Waals surface area contributed by atoms with Gasteiger partial charge < -0.3 is 9.67 Å². The highest BCUT2D eigenvalue weighted by molar-refractivity contribution is 9.10. The molecule has 1 unspecified atom stereocenters. The first-order chi connectivity index (χ1) is 8.27. The van der Waals surface area contributed by atoms with Gasteiger partial charge in [-0.05, 0) is 53.4 Å². The first-order valence-electron chi connectivity index (χ1n) is 5.90. The van der Waals surface area contributed by atoms with Crippen LogP contribution in [0.25, 0.3) is 5.69 Å². The molecule has 0 saturated heterocycles. The van der Waals surface area contributed by atoms with Gasteiger partial charge >= 0.3 is 0 Å². The lowest BCUT2D eigenvalue weighted by Crippen LogP contribution is -2.11. The Balaban J connectivity index is 2.14. The van der Waals surface area contributed by atoms with E-state index < -0.39 is 0 Å². The Morgan fingerprint density at radius 3 is 2.88 bits per heavy atom. The second-order valence-corrected chi connectivity index (χ2v) is 5.30. The highest BCUT2D eigenvalue weighted by Crippen LogP contribution is 2.33. The molecule has 2 aromatic rings. The highest BCUT2D eigenvalue weighted by Gasteiger charge is 2.21. The molecule has 1 aromatic heterocycles. The van der Waals surface area contributed by atoms with E-state index in [1.807, 2.05) is 24.3 Å². The number of hydrogen-bond donors (Lipinski definition) is 1. The maximum absolute atomic E-state index is 9.97. The molecular weight excluding hydrogens is 278 g/mol. The van der Waals surface area contributed by atoms with Gasteiger partial charge in [-0.15, -0.1) is 0 Å². The predicted molar refractivity (Wildman–Crippen MR) is 71.4 cm³/mol. The fourth-order valence-corrected chi connectivity index (χ4v) is 3.02. The van der Waals surface area contributed by atoms with Gasteiger partial charge in [0.15, 0.2) is 0 Å². The number of fused-ring (bicyclic) bond motifs is 1. The fraction of sp³-hybridized carbons (Fsp3) is 0.286. The van der Waals surface area contributed by atoms with Crippen molar-refractivity contribution in [2.45, 2.75) is 25.4 Å². The summed E-state index contributed by atoms with van der Waals surface area (Å²) in [6.07, 6.45) is 4.75. The molecule has 0 spiro atoms. The van der Waals surface area contributed by atoms with E-state index in [1.165, 1.54) is 5.69 Å². The Morgan fingerprint density at radius 1 is 1.24 bits per heavy atom. The summed E-state index contributed by atoms with van der Waals surface area (Å²) in [5, 5.41) is 9.97. The van der Waals surface area contributed by atoms with E-state index in [0.717, 1.165) is 35.0 Å². The summed E-state index contributed by atoms with van der Waals surface area (Å²) in [7, 11) is 0. The van der Waals surface area contributed by atoms with Gasteiger partial charge in [0, 0.05) is 21.9 Å². The van der Waals surface area contributed by atoms with Crippen molar-refractivity contribution in [1.82, 2.24) is 4.57 Å². The Hall–Kier alpha value is -1.06. The zero-order valence-electron chi connectivity index (χ0n) is 9.44. The minimum Gasteiger partial charge on any atom is -0.388 e. The van der Waals surface area contributed by atoms with Crippen molar-refractivity contribution in [3.63, 3.8) is 0 Å². The number of para-hydroxylation sites is 1. The van der Waals surface area contributed by atoms with Crippen LogP contribution < -0.4 is 0 Å². The van der Waals surface area contributed by atoms with Gasteiger partial charge in [-0.25, -0.2) is 0 Å². The number of halogens is 1. The fourth-order valence-electron chi connectivity index (χ4n) is 2.54. The second-order valence-electron chi connectivity index (χ2n) is 4.45. The van der Waals surface area contributed by atoms with Crippen LogP contribution in [0.4, 0.5) is 0 Å². The largest absolute Gasteiger partial charge is 0.388 e. The average molecular weight is 292 g/mol. The summed E-state index contributed by atoms with van der Waals surface area (Å²) in [6.45, 7) is 0. The molecule has 1 heterocycles. The first kappa shape index (κ1) is 11.1. The van der Waals surface area contributed by atoms with Crippen molar-refractivity contribution in [1.29, 1.82) is 0 Å². The van der Waals surface area contributed by atoms with Gasteiger partial charge in [0.05, 0.1) is 11.8 Å². The van der Waals surface area contributed by atoms with Gasteiger partial charge in [0.25, 0.3) is 0 Å². The van der Waals surface area contributed by atoms with Gasteiger partial charge in [-0.3, -0.25) is 0 Å². The third-order valence-electron chi connectivity index (χ3n) is 3.39. The van der Waals surface area contributed by atoms with E-state index >= 15 is 0 Å². The molecular formula is C14H14BrNO. The van der Waals surface area contributed by atoms with Crippen molar-refractivity contribution in [2.75, 3.05) is 0 Å². The van der Waals surface area contributed by atoms with E-state index in [-0.39, 0.29) is 6.10 Å². The number of aliphatic hydroxyl groups excluding tert-OH is 1. The number of aromatic nitrogens is 1. The lowest BCUT2D eigenvalue weighted by molar-refractivity contribution is 0.156. The molecule has 0 saturated carbocycles. The summed E-state index contributed by atoms with van der Waals surface area (Å²) in [5.41, 5.74) is 3.48. The van der Waals surface area contributed by atoms with Crippen molar-refractivity contribution in [2.24, 2.45) is 0 Å². The molecule has 1 aliphatic carbocycles. The number of rotatable bonds is 1. The van der Waals surface area contributed by atoms with E-state index in [0.29, 0.717) is 0 Å². The van der Waals surface area contributed by atoms with Crippen molar-refractivity contribution >= 4 is 15.9 Å². The van der Waals surface area contributed by atoms with Crippen LogP contribution >= 0.6 is 15.9 Å². The molecule has 1 atom stereocenters. The Kier molecular flexibility index (Phi) is 2.81. The predicted octanol–water partition coefficient (Wildman–Crippen LogP) is 3.61. The number of hydrogen-bond acceptors (Lipinski definition) is 1. The topological polar surface area (TPSA) is 25.2 Å². The van der Waals surface area contributed by atoms with Crippen LogP contribution in [-0.4, -0.2) is 9.67 Å². The van der Waals surface area contributed by atoms with Crippen LogP contribution in [0.15, 0.2) is 41.0 Å². The van der Waals surface area contributed by atoms with E-state index in [2.05, 4.69) is 32.8 Å². The Bertz CT molecular complexity index is 547. The van der Waals surface area contributed by atoms with E-state index in [9.17, 15) is 5.11 Å². The maximum atomic E-state index is 9.97. The lowest BCUT2D eigenvalue weighted by atomic mass is 9.95. The van der Waals surface area contributed by atoms with Crippen LogP contribution in [0.2, 0.25) is 0 Å². The molecule has 3 rings (SSSR count). The van der Waals surface area contributed by atoms with E-state index in [1.54, 1.807) is 0 Å². The minimum atomic E-state index is -0.289. The molecule has 0 radical (unpaired) electrons. The molecule has 0 fully saturated rings. The zero-order chi connectivity index (χ0) is 11.8. The summed E-state index contributed by atoms with van der Waals surface area (Å²) in [4.78, 5) is 0. The Morgan fingerprint density at radius 2 is 2.06 bits per heavy atom. The number of benzene rings is 1. The van der Waals surface area contributed by atoms with Gasteiger partial charge in [-0.2, -0.15) is 0 Å². The van der Waals surface area contributed by atoms with Crippen molar-refractivity contribution in [3.05, 3.63) is 52.3 Å². The number of aliphatic hydroxyl groups is 1. The molecule has 0 bridgehead atoms. The zero-order valence-corrected chi connectivity index (χ0v) is 11.0. The Labute approximate surface area is 109 Å². The smallest absolute Gasteiger partial charge is 0.0807 e. The summed E-state index contributed by atoms with van der Waals surface area (Å²) >= 11 is 3.58. The second kappa shape index (κ2) is 4.31. The third-order valence-corrected chi connectivity index (χ3v) is 4.06. The lowest BCUT2D eigenvalue weighted by Gasteiger charge is -2.20. The van der Waals surface area contributed by atoms with Crippen molar-refractivity contribution in [3.8, 4) is 5.69 Å². The normalized spacial score (nSPS) is 19.1. The molecule has 3 heteroatoms. The standard InChI is InChI=1S/C14H14BrNO/c15-11-4-1-2-5-13(11)16-9-8-10-12(16)6-3-7-14(10)17/h1-2,4-5,8-9,14,17H,3,6-7H2. The quantitative estimate of drug-likeness (QED) is 0.853. The first-order valence-corrected chi connectivity index (χ1v) is 6.70. The minimum absolute atomic E-state index is 0.289. The number of nitrogens with zero attached hydrogens (tertiary/aromatic N) is 1. The van der Waals surface area contributed by atoms with Crippen LogP contribution in [0.3, 0.4) is 0 Å². The molecule has 1 aromatic carbocycles. The summed E-state index contributed by atoms with van der Waals surface area (Å²) < 4.78 is 3.26. The van der Waals surface area contributed by atoms with E-state index in [4.69, 9.17) is 0 Å². The van der Waals surface area contributed by atoms with Gasteiger partial charge in [0.1, 0.15) is 0 Å². The summed E-state index contributed by atoms with van der Waals surface area (Å²) in [5.74, 6) is 0. The molecule has 1 aliphatic rings. The average Bonchev–Trinajstić information content (AvgIpc) is 2.75. The van der Waals surface area contributed by atoms with Crippen LogP contribution in [-0.2, 0) is 6.42 Å². The summed E-state index contributed by atoms with van der Waals surface area (Å²) in [6, 6.07) is 10.2. The van der Waals surface area contributed by atoms with Gasteiger partial charge in [0.2, 0.25) is 0 Å². The third kappa shape index (κ3) is 1.83. The molecule has 0 aliphatic heterocycles. The molecule has 1 N–H and O–H groups in total. The van der Waals surface area contributed by atoms with Crippen LogP contribution in [0, 0.1) is 0 Å². The van der Waals surface area contributed by atoms with Crippen molar-refractivity contribution < 1.29 is 5.11 Å². The van der Waals surface area contributed by atoms with Crippen LogP contribution in [0.5, 0.6) is 0 Å². The molecule has 2 nitrogen and oxygen atoms in total. The van der Waals surface area contributed by atoms with Crippen LogP contribution in [0.1, 0.15) is 30.2 Å².